The second-order valence-electron chi connectivity index (χ2n) is 5.28. The predicted molar refractivity (Wildman–Crippen MR) is 95.2 cm³/mol. The van der Waals surface area contributed by atoms with E-state index in [4.69, 9.17) is 0 Å². The first-order valence-corrected chi connectivity index (χ1v) is 9.26. The molecule has 0 radical (unpaired) electrons. The lowest BCUT2D eigenvalue weighted by Gasteiger charge is -2.35. The van der Waals surface area contributed by atoms with Crippen LogP contribution >= 0.6 is 23.5 Å². The number of aliphatic hydroxyl groups excluding tert-OH is 1. The summed E-state index contributed by atoms with van der Waals surface area (Å²) in [5.41, 5.74) is 1.04. The summed E-state index contributed by atoms with van der Waals surface area (Å²) in [6.45, 7) is 0. The second-order valence-corrected chi connectivity index (χ2v) is 8.01. The summed E-state index contributed by atoms with van der Waals surface area (Å²) in [7, 11) is 0. The molecule has 23 heavy (non-hydrogen) atoms. The molecule has 3 rings (SSSR count). The van der Waals surface area contributed by atoms with E-state index in [2.05, 4.69) is 0 Å². The van der Waals surface area contributed by atoms with Crippen molar-refractivity contribution in [2.75, 3.05) is 11.5 Å². The molecule has 1 aliphatic heterocycles. The van der Waals surface area contributed by atoms with E-state index >= 15 is 0 Å². The molecule has 3 nitrogen and oxygen atoms in total. The highest BCUT2D eigenvalue weighted by molar-refractivity contribution is 8.21. The summed E-state index contributed by atoms with van der Waals surface area (Å²) in [5, 5.41) is 9.78. The van der Waals surface area contributed by atoms with Crippen molar-refractivity contribution in [1.82, 2.24) is 0 Å². The molecule has 2 aromatic rings. The van der Waals surface area contributed by atoms with Crippen LogP contribution in [0.2, 0.25) is 0 Å². The van der Waals surface area contributed by atoms with Gasteiger partial charge in [0, 0.05) is 22.6 Å². The number of aliphatic hydroxyl groups is 1. The average Bonchev–Trinajstić information content (AvgIpc) is 2.63. The Morgan fingerprint density at radius 2 is 1.22 bits per heavy atom. The van der Waals surface area contributed by atoms with Gasteiger partial charge < -0.3 is 5.11 Å². The fourth-order valence-electron chi connectivity index (χ4n) is 2.44. The Bertz CT molecular complexity index is 639. The van der Waals surface area contributed by atoms with Crippen molar-refractivity contribution in [3.05, 3.63) is 71.8 Å². The topological polar surface area (TPSA) is 54.4 Å². The van der Waals surface area contributed by atoms with E-state index < -0.39 is 10.2 Å². The van der Waals surface area contributed by atoms with Crippen LogP contribution in [0.1, 0.15) is 20.7 Å². The smallest absolute Gasteiger partial charge is 0.196 e. The van der Waals surface area contributed by atoms with Crippen molar-refractivity contribution < 1.29 is 14.7 Å². The van der Waals surface area contributed by atoms with Crippen molar-refractivity contribution >= 4 is 35.1 Å². The molecule has 118 valence electrons. The van der Waals surface area contributed by atoms with Gasteiger partial charge in [0.25, 0.3) is 0 Å². The van der Waals surface area contributed by atoms with Gasteiger partial charge in [-0.05, 0) is 0 Å². The van der Waals surface area contributed by atoms with Crippen molar-refractivity contribution in [2.24, 2.45) is 0 Å². The summed E-state index contributed by atoms with van der Waals surface area (Å²) >= 11 is 2.48. The number of carbonyl (C=O) groups is 2. The summed E-state index contributed by atoms with van der Waals surface area (Å²) < 4.78 is -1.22. The predicted octanol–water partition coefficient (Wildman–Crippen LogP) is 3.29. The van der Waals surface area contributed by atoms with E-state index in [-0.39, 0.29) is 11.6 Å². The zero-order valence-corrected chi connectivity index (χ0v) is 14.0. The first-order valence-electron chi connectivity index (χ1n) is 7.29. The van der Waals surface area contributed by atoms with Gasteiger partial charge in [0.2, 0.25) is 0 Å². The molecule has 0 saturated carbocycles. The van der Waals surface area contributed by atoms with Crippen LogP contribution in [-0.4, -0.2) is 38.4 Å². The Kier molecular flexibility index (Phi) is 4.90. The minimum Gasteiger partial charge on any atom is -0.391 e. The number of benzene rings is 2. The highest BCUT2D eigenvalue weighted by Crippen LogP contribution is 2.46. The van der Waals surface area contributed by atoms with Crippen LogP contribution in [0, 0.1) is 0 Å². The van der Waals surface area contributed by atoms with Gasteiger partial charge in [-0.1, -0.05) is 60.7 Å². The van der Waals surface area contributed by atoms with Crippen LogP contribution < -0.4 is 0 Å². The molecule has 0 aromatic heterocycles. The molecule has 1 N–H and O–H groups in total. The molecule has 0 spiro atoms. The average molecular weight is 344 g/mol. The lowest BCUT2D eigenvalue weighted by molar-refractivity contribution is 0.0885. The lowest BCUT2D eigenvalue weighted by atomic mass is 10.0. The van der Waals surface area contributed by atoms with Gasteiger partial charge in [-0.25, -0.2) is 0 Å². The highest BCUT2D eigenvalue weighted by Gasteiger charge is 2.50. The molecule has 0 bridgehead atoms. The molecule has 1 heterocycles. The van der Waals surface area contributed by atoms with Gasteiger partial charge in [0.1, 0.15) is 0 Å². The Labute approximate surface area is 143 Å². The van der Waals surface area contributed by atoms with Crippen LogP contribution in [0.15, 0.2) is 60.7 Å². The molecular formula is C18H16O3S2. The summed E-state index contributed by atoms with van der Waals surface area (Å²) in [5.74, 6) is 0.358. The number of hydrogen-bond acceptors (Lipinski definition) is 5. The lowest BCUT2D eigenvalue weighted by Crippen LogP contribution is -2.45. The third kappa shape index (κ3) is 3.22. The van der Waals surface area contributed by atoms with Crippen LogP contribution in [0.4, 0.5) is 0 Å². The van der Waals surface area contributed by atoms with Crippen molar-refractivity contribution in [3.63, 3.8) is 0 Å². The third-order valence-corrected chi connectivity index (χ3v) is 6.99. The molecule has 5 heteroatoms. The second kappa shape index (κ2) is 6.91. The molecular weight excluding hydrogens is 328 g/mol. The van der Waals surface area contributed by atoms with E-state index in [1.54, 1.807) is 48.5 Å². The van der Waals surface area contributed by atoms with Crippen LogP contribution in [0.25, 0.3) is 0 Å². The number of rotatable bonds is 4. The molecule has 0 aliphatic carbocycles. The summed E-state index contributed by atoms with van der Waals surface area (Å²) in [6.07, 6.45) is -0.495. The number of ketones is 2. The Balaban J connectivity index is 2.01. The van der Waals surface area contributed by atoms with Gasteiger partial charge in [-0.3, -0.25) is 9.59 Å². The standard InChI is InChI=1S/C18H16O3S2/c19-15-11-22-18(23-12-15,16(20)13-7-3-1-4-8-13)17(21)14-9-5-2-6-10-14/h1-10,15,19H,11-12H2. The van der Waals surface area contributed by atoms with Gasteiger partial charge in [0.05, 0.1) is 6.10 Å². The normalized spacial score (nSPS) is 17.6. The summed E-state index contributed by atoms with van der Waals surface area (Å²) in [6, 6.07) is 17.8. The largest absolute Gasteiger partial charge is 0.391 e. The SMILES string of the molecule is O=C(c1ccccc1)C1(C(=O)c2ccccc2)SCC(O)CS1. The quantitative estimate of drug-likeness (QED) is 0.681. The van der Waals surface area contributed by atoms with E-state index in [0.29, 0.717) is 22.6 Å². The Hall–Kier alpha value is -1.56. The van der Waals surface area contributed by atoms with Crippen LogP contribution in [-0.2, 0) is 0 Å². The van der Waals surface area contributed by atoms with E-state index in [1.807, 2.05) is 12.1 Å². The molecule has 1 fully saturated rings. The van der Waals surface area contributed by atoms with Crippen molar-refractivity contribution in [3.8, 4) is 0 Å². The number of Topliss-reactive ketones (excluding diaryl/α,β-unsaturated/α-hetero) is 2. The van der Waals surface area contributed by atoms with E-state index in [9.17, 15) is 14.7 Å². The molecule has 0 amide bonds. The Morgan fingerprint density at radius 1 is 0.826 bits per heavy atom. The maximum Gasteiger partial charge on any atom is 0.196 e. The number of thioether (sulfide) groups is 2. The molecule has 1 aliphatic rings. The van der Waals surface area contributed by atoms with Crippen LogP contribution in [0.3, 0.4) is 0 Å². The van der Waals surface area contributed by atoms with Gasteiger partial charge >= 0.3 is 0 Å². The van der Waals surface area contributed by atoms with Gasteiger partial charge in [0.15, 0.2) is 15.6 Å². The third-order valence-electron chi connectivity index (χ3n) is 3.63. The zero-order chi connectivity index (χ0) is 16.3. The van der Waals surface area contributed by atoms with Gasteiger partial charge in [-0.15, -0.1) is 23.5 Å². The van der Waals surface area contributed by atoms with E-state index in [0.717, 1.165) is 0 Å². The van der Waals surface area contributed by atoms with E-state index in [1.165, 1.54) is 23.5 Å². The minimum atomic E-state index is -1.22. The minimum absolute atomic E-state index is 0.200. The van der Waals surface area contributed by atoms with Gasteiger partial charge in [-0.2, -0.15) is 0 Å². The molecule has 1 saturated heterocycles. The molecule has 2 aromatic carbocycles. The van der Waals surface area contributed by atoms with Crippen molar-refractivity contribution in [2.45, 2.75) is 10.2 Å². The number of hydrogen-bond donors (Lipinski definition) is 1. The van der Waals surface area contributed by atoms with Crippen molar-refractivity contribution in [1.29, 1.82) is 0 Å². The summed E-state index contributed by atoms with van der Waals surface area (Å²) in [4.78, 5) is 26.2. The maximum atomic E-state index is 13.1. The molecule has 0 atom stereocenters. The highest BCUT2D eigenvalue weighted by atomic mass is 32.2. The fourth-order valence-corrected chi connectivity index (χ4v) is 5.42. The zero-order valence-electron chi connectivity index (χ0n) is 12.3. The first kappa shape index (κ1) is 16.3. The monoisotopic (exact) mass is 344 g/mol. The Morgan fingerprint density at radius 3 is 1.61 bits per heavy atom. The maximum absolute atomic E-state index is 13.1. The number of carbonyl (C=O) groups excluding carboxylic acids is 2. The molecule has 0 unspecified atom stereocenters. The fraction of sp³-hybridized carbons (Fsp3) is 0.222. The first-order chi connectivity index (χ1) is 11.1. The van der Waals surface area contributed by atoms with Crippen LogP contribution in [0.5, 0.6) is 0 Å².